The Morgan fingerprint density at radius 2 is 1.20 bits per heavy atom. The topological polar surface area (TPSA) is 12.0 Å². The molecule has 2 fully saturated rings. The summed E-state index contributed by atoms with van der Waals surface area (Å²) in [5.74, 6) is 0. The maximum absolute atomic E-state index is 3.75. The van der Waals surface area contributed by atoms with Gasteiger partial charge in [-0.25, -0.2) is 0 Å². The number of rotatable bonds is 2. The summed E-state index contributed by atoms with van der Waals surface area (Å²) in [6.45, 7) is 0. The van der Waals surface area contributed by atoms with Crippen LogP contribution in [0.1, 0.15) is 51.4 Å². The van der Waals surface area contributed by atoms with Crippen LogP contribution >= 0.6 is 0 Å². The molecule has 0 aromatic rings. The molecule has 2 atom stereocenters. The van der Waals surface area contributed by atoms with Crippen molar-refractivity contribution in [1.29, 1.82) is 0 Å². The fraction of sp³-hybridized carbons (Fsp3) is 0.833. The van der Waals surface area contributed by atoms with Gasteiger partial charge < -0.3 is 18.2 Å². The zero-order valence-electron chi connectivity index (χ0n) is 9.62. The molecule has 2 aliphatic rings. The molecular weight excluding hydrogens is 336 g/mol. The van der Waals surface area contributed by atoms with Crippen molar-refractivity contribution >= 4 is 0 Å². The average molecular weight is 357 g/mol. The first-order chi connectivity index (χ1) is 6.45. The van der Waals surface area contributed by atoms with Crippen LogP contribution in [0.4, 0.5) is 0 Å². The van der Waals surface area contributed by atoms with Crippen LogP contribution in [0.2, 0.25) is 0 Å². The maximum atomic E-state index is 3.75. The van der Waals surface area contributed by atoms with E-state index in [4.69, 9.17) is 0 Å². The third kappa shape index (κ3) is 6.60. The monoisotopic (exact) mass is 357 g/mol. The fourth-order valence-electron chi connectivity index (χ4n) is 2.47. The molecule has 2 radical (unpaired) electrons. The molecule has 82 valence electrons. The smallest absolute Gasteiger partial charge is 0 e. The van der Waals surface area contributed by atoms with Gasteiger partial charge in [0.1, 0.15) is 0 Å². The van der Waals surface area contributed by atoms with Gasteiger partial charge in [0.05, 0.1) is 0 Å². The molecule has 0 bridgehead atoms. The zero-order chi connectivity index (χ0) is 8.93. The third-order valence-corrected chi connectivity index (χ3v) is 3.27. The van der Waals surface area contributed by atoms with Gasteiger partial charge in [-0.1, -0.05) is 38.5 Å². The summed E-state index contributed by atoms with van der Waals surface area (Å²) in [4.78, 5) is 0. The summed E-state index contributed by atoms with van der Waals surface area (Å²) >= 11 is 0. The van der Waals surface area contributed by atoms with E-state index < -0.39 is 0 Å². The summed E-state index contributed by atoms with van der Waals surface area (Å²) in [6, 6.07) is 1.43. The molecule has 0 aromatic heterocycles. The van der Waals surface area contributed by atoms with Crippen molar-refractivity contribution in [1.82, 2.24) is 5.32 Å². The second-order valence-corrected chi connectivity index (χ2v) is 4.42. The molecule has 2 aliphatic carbocycles. The van der Waals surface area contributed by atoms with Crippen LogP contribution in [0, 0.1) is 12.8 Å². The first kappa shape index (κ1) is 17.2. The summed E-state index contributed by atoms with van der Waals surface area (Å²) in [7, 11) is 0. The Labute approximate surface area is 145 Å². The Morgan fingerprint density at radius 1 is 0.733 bits per heavy atom. The van der Waals surface area contributed by atoms with E-state index in [-0.39, 0.29) is 65.4 Å². The van der Waals surface area contributed by atoms with Crippen LogP contribution < -0.4 is 5.32 Å². The Kier molecular flexibility index (Phi) is 11.6. The number of hydrogen-bond acceptors (Lipinski definition) is 1. The molecule has 0 aromatic carbocycles. The molecule has 0 aliphatic heterocycles. The van der Waals surface area contributed by atoms with Crippen molar-refractivity contribution in [3.63, 3.8) is 0 Å². The van der Waals surface area contributed by atoms with Crippen molar-refractivity contribution in [3.8, 4) is 0 Å². The quantitative estimate of drug-likeness (QED) is 0.750. The number of nitrogens with one attached hydrogen (secondary N) is 1. The van der Waals surface area contributed by atoms with E-state index in [2.05, 4.69) is 18.2 Å². The van der Waals surface area contributed by atoms with Gasteiger partial charge in [-0.05, 0) is 0 Å². The number of hydrogen-bond donors (Lipinski definition) is 1. The molecule has 2 saturated carbocycles. The van der Waals surface area contributed by atoms with Crippen molar-refractivity contribution in [3.05, 3.63) is 12.8 Å². The van der Waals surface area contributed by atoms with Crippen LogP contribution in [0.3, 0.4) is 0 Å². The third-order valence-electron chi connectivity index (χ3n) is 3.27. The van der Waals surface area contributed by atoms with Crippen LogP contribution in [-0.4, -0.2) is 12.1 Å². The minimum Gasteiger partial charge on any atom is -0.370 e. The van der Waals surface area contributed by atoms with Crippen LogP contribution in [0.15, 0.2) is 0 Å². The molecular formula is C12H21NY2-2. The predicted molar refractivity (Wildman–Crippen MR) is 56.2 cm³/mol. The van der Waals surface area contributed by atoms with Crippen LogP contribution in [-0.2, 0) is 65.4 Å². The maximum Gasteiger partial charge on any atom is 0 e. The van der Waals surface area contributed by atoms with Crippen molar-refractivity contribution in [2.24, 2.45) is 0 Å². The van der Waals surface area contributed by atoms with E-state index in [0.29, 0.717) is 12.1 Å². The van der Waals surface area contributed by atoms with E-state index in [1.807, 2.05) is 0 Å². The normalized spacial score (nSPS) is 31.2. The van der Waals surface area contributed by atoms with Gasteiger partial charge >= 0.3 is 0 Å². The van der Waals surface area contributed by atoms with Gasteiger partial charge in [0.25, 0.3) is 0 Å². The van der Waals surface area contributed by atoms with E-state index >= 15 is 0 Å². The standard InChI is InChI=1S/C12H21N.2Y/c1-3-7-11(8-4-1)13-12-9-5-2-6-10-12;;/h7,9,11-13H,1-6,8,10H2;;/q-2;;. The first-order valence-electron chi connectivity index (χ1n) is 5.88. The first-order valence-corrected chi connectivity index (χ1v) is 5.88. The minimum absolute atomic E-state index is 0. The van der Waals surface area contributed by atoms with Crippen LogP contribution in [0.5, 0.6) is 0 Å². The average Bonchev–Trinajstić information content (AvgIpc) is 2.21. The largest absolute Gasteiger partial charge is 0.370 e. The Balaban J connectivity index is 0.000000980. The second kappa shape index (κ2) is 10.1. The van der Waals surface area contributed by atoms with E-state index in [0.717, 1.165) is 0 Å². The molecule has 0 saturated heterocycles. The summed E-state index contributed by atoms with van der Waals surface area (Å²) < 4.78 is 0. The SMILES string of the molecule is [CH-]1CCCCC1NC1[CH-]CCCC1.[Y].[Y]. The fourth-order valence-corrected chi connectivity index (χ4v) is 2.47. The van der Waals surface area contributed by atoms with Crippen LogP contribution in [0.25, 0.3) is 0 Å². The molecule has 0 spiro atoms. The van der Waals surface area contributed by atoms with E-state index in [9.17, 15) is 0 Å². The van der Waals surface area contributed by atoms with Crippen molar-refractivity contribution in [2.45, 2.75) is 63.5 Å². The van der Waals surface area contributed by atoms with Gasteiger partial charge in [0, 0.05) is 65.4 Å². The van der Waals surface area contributed by atoms with Gasteiger partial charge in [0.15, 0.2) is 0 Å². The van der Waals surface area contributed by atoms with Gasteiger partial charge in [-0.2, -0.15) is 12.8 Å². The van der Waals surface area contributed by atoms with Gasteiger partial charge in [-0.3, -0.25) is 0 Å². The molecule has 3 heteroatoms. The Morgan fingerprint density at radius 3 is 1.53 bits per heavy atom. The molecule has 2 unspecified atom stereocenters. The summed E-state index contributed by atoms with van der Waals surface area (Å²) in [5.41, 5.74) is 0. The summed E-state index contributed by atoms with van der Waals surface area (Å²) in [6.07, 6.45) is 16.0. The second-order valence-electron chi connectivity index (χ2n) is 4.42. The van der Waals surface area contributed by atoms with Gasteiger partial charge in [0.2, 0.25) is 0 Å². The predicted octanol–water partition coefficient (Wildman–Crippen LogP) is 2.86. The van der Waals surface area contributed by atoms with Crippen molar-refractivity contribution in [2.75, 3.05) is 0 Å². The minimum atomic E-state index is 0. The molecule has 1 N–H and O–H groups in total. The molecule has 15 heavy (non-hydrogen) atoms. The molecule has 1 nitrogen and oxygen atoms in total. The summed E-state index contributed by atoms with van der Waals surface area (Å²) in [5, 5.41) is 3.75. The Bertz CT molecular complexity index is 125. The molecule has 0 amide bonds. The van der Waals surface area contributed by atoms with E-state index in [1.165, 1.54) is 51.4 Å². The van der Waals surface area contributed by atoms with Gasteiger partial charge in [-0.15, -0.1) is 12.1 Å². The molecule has 2 rings (SSSR count). The zero-order valence-corrected chi connectivity index (χ0v) is 15.3. The van der Waals surface area contributed by atoms with Crippen molar-refractivity contribution < 1.29 is 65.4 Å². The Hall–Kier alpha value is 2.17. The molecule has 0 heterocycles. The van der Waals surface area contributed by atoms with E-state index in [1.54, 1.807) is 0 Å².